The second-order valence-corrected chi connectivity index (χ2v) is 5.16. The number of halogens is 1. The standard InChI is InChI=1S/C15H15ClN4O/c1-10-19-14-7-11(16)9-18-15(14)20(10)5-6-21-13-4-2-3-12(17)8-13/h2-4,7-9H,5-6,17H2,1H3. The Bertz CT molecular complexity index is 784. The maximum Gasteiger partial charge on any atom is 0.160 e. The van der Waals surface area contributed by atoms with E-state index in [4.69, 9.17) is 22.1 Å². The Balaban J connectivity index is 1.75. The number of anilines is 1. The molecule has 108 valence electrons. The van der Waals surface area contributed by atoms with Crippen LogP contribution in [-0.4, -0.2) is 21.1 Å². The minimum atomic E-state index is 0.514. The summed E-state index contributed by atoms with van der Waals surface area (Å²) in [6, 6.07) is 9.19. The summed E-state index contributed by atoms with van der Waals surface area (Å²) in [6.45, 7) is 3.11. The van der Waals surface area contributed by atoms with Crippen molar-refractivity contribution in [2.24, 2.45) is 0 Å². The average Bonchev–Trinajstić information content (AvgIpc) is 2.74. The van der Waals surface area contributed by atoms with Crippen LogP contribution in [0, 0.1) is 6.92 Å². The molecule has 0 unspecified atom stereocenters. The van der Waals surface area contributed by atoms with E-state index >= 15 is 0 Å². The normalized spacial score (nSPS) is 11.0. The second-order valence-electron chi connectivity index (χ2n) is 4.73. The van der Waals surface area contributed by atoms with Crippen LogP contribution < -0.4 is 10.5 Å². The van der Waals surface area contributed by atoms with E-state index in [0.717, 1.165) is 22.7 Å². The smallest absolute Gasteiger partial charge is 0.160 e. The van der Waals surface area contributed by atoms with Crippen molar-refractivity contribution in [3.05, 3.63) is 47.4 Å². The summed E-state index contributed by atoms with van der Waals surface area (Å²) in [5, 5.41) is 0.586. The first kappa shape index (κ1) is 13.7. The van der Waals surface area contributed by atoms with Gasteiger partial charge in [0.15, 0.2) is 5.65 Å². The Labute approximate surface area is 127 Å². The summed E-state index contributed by atoms with van der Waals surface area (Å²) >= 11 is 5.93. The molecule has 5 nitrogen and oxygen atoms in total. The van der Waals surface area contributed by atoms with E-state index in [1.54, 1.807) is 12.3 Å². The summed E-state index contributed by atoms with van der Waals surface area (Å²) in [7, 11) is 0. The van der Waals surface area contributed by atoms with E-state index in [9.17, 15) is 0 Å². The van der Waals surface area contributed by atoms with Crippen molar-refractivity contribution >= 4 is 28.5 Å². The Morgan fingerprint density at radius 1 is 1.33 bits per heavy atom. The van der Waals surface area contributed by atoms with Gasteiger partial charge in [0.05, 0.1) is 11.6 Å². The van der Waals surface area contributed by atoms with E-state index < -0.39 is 0 Å². The molecule has 2 N–H and O–H groups in total. The van der Waals surface area contributed by atoms with Crippen LogP contribution in [0.5, 0.6) is 5.75 Å². The van der Waals surface area contributed by atoms with Crippen LogP contribution in [0.3, 0.4) is 0 Å². The molecule has 0 amide bonds. The Hall–Kier alpha value is -2.27. The van der Waals surface area contributed by atoms with Gasteiger partial charge < -0.3 is 15.0 Å². The SMILES string of the molecule is Cc1nc2cc(Cl)cnc2n1CCOc1cccc(N)c1. The van der Waals surface area contributed by atoms with Gasteiger partial charge in [0, 0.05) is 18.0 Å². The zero-order valence-electron chi connectivity index (χ0n) is 11.6. The first-order valence-electron chi connectivity index (χ1n) is 6.60. The highest BCUT2D eigenvalue weighted by molar-refractivity contribution is 6.31. The zero-order chi connectivity index (χ0) is 14.8. The summed E-state index contributed by atoms with van der Waals surface area (Å²) < 4.78 is 7.72. The monoisotopic (exact) mass is 302 g/mol. The number of pyridine rings is 1. The van der Waals surface area contributed by atoms with E-state index in [-0.39, 0.29) is 0 Å². The highest BCUT2D eigenvalue weighted by Crippen LogP contribution is 2.18. The summed E-state index contributed by atoms with van der Waals surface area (Å²) in [5.74, 6) is 1.64. The number of nitrogens with zero attached hydrogens (tertiary/aromatic N) is 3. The molecule has 21 heavy (non-hydrogen) atoms. The number of fused-ring (bicyclic) bond motifs is 1. The maximum absolute atomic E-state index is 5.93. The van der Waals surface area contributed by atoms with Gasteiger partial charge in [0.2, 0.25) is 0 Å². The van der Waals surface area contributed by atoms with Crippen molar-refractivity contribution in [1.82, 2.24) is 14.5 Å². The number of aromatic nitrogens is 3. The lowest BCUT2D eigenvalue weighted by Crippen LogP contribution is -2.10. The number of hydrogen-bond acceptors (Lipinski definition) is 4. The first-order valence-corrected chi connectivity index (χ1v) is 6.98. The molecule has 0 aliphatic rings. The summed E-state index contributed by atoms with van der Waals surface area (Å²) in [5.41, 5.74) is 8.02. The molecule has 6 heteroatoms. The second kappa shape index (κ2) is 5.61. The number of imidazole rings is 1. The molecule has 0 bridgehead atoms. The van der Waals surface area contributed by atoms with Crippen LogP contribution in [-0.2, 0) is 6.54 Å². The van der Waals surface area contributed by atoms with E-state index in [1.807, 2.05) is 35.8 Å². The van der Waals surface area contributed by atoms with Gasteiger partial charge >= 0.3 is 0 Å². The third-order valence-electron chi connectivity index (χ3n) is 3.18. The fourth-order valence-electron chi connectivity index (χ4n) is 2.23. The van der Waals surface area contributed by atoms with Crippen molar-refractivity contribution in [3.8, 4) is 5.75 Å². The Morgan fingerprint density at radius 3 is 3.00 bits per heavy atom. The van der Waals surface area contributed by atoms with Crippen LogP contribution in [0.1, 0.15) is 5.82 Å². The van der Waals surface area contributed by atoms with Gasteiger partial charge in [-0.15, -0.1) is 0 Å². The van der Waals surface area contributed by atoms with E-state index in [0.29, 0.717) is 23.9 Å². The predicted molar refractivity (Wildman–Crippen MR) is 83.6 cm³/mol. The molecule has 0 aliphatic carbocycles. The molecule has 3 rings (SSSR count). The lowest BCUT2D eigenvalue weighted by atomic mass is 10.3. The van der Waals surface area contributed by atoms with Crippen molar-refractivity contribution < 1.29 is 4.74 Å². The fourth-order valence-corrected chi connectivity index (χ4v) is 2.38. The van der Waals surface area contributed by atoms with Gasteiger partial charge in [0.1, 0.15) is 23.7 Å². The van der Waals surface area contributed by atoms with Gasteiger partial charge in [-0.05, 0) is 25.1 Å². The average molecular weight is 303 g/mol. The molecule has 0 aliphatic heterocycles. The first-order chi connectivity index (χ1) is 10.1. The highest BCUT2D eigenvalue weighted by Gasteiger charge is 2.09. The molecule has 2 aromatic heterocycles. The molecule has 0 radical (unpaired) electrons. The number of rotatable bonds is 4. The van der Waals surface area contributed by atoms with Crippen molar-refractivity contribution in [3.63, 3.8) is 0 Å². The molecule has 0 saturated carbocycles. The third kappa shape index (κ3) is 2.92. The van der Waals surface area contributed by atoms with Crippen LogP contribution in [0.4, 0.5) is 5.69 Å². The van der Waals surface area contributed by atoms with Crippen molar-refractivity contribution in [2.75, 3.05) is 12.3 Å². The third-order valence-corrected chi connectivity index (χ3v) is 3.39. The van der Waals surface area contributed by atoms with Gasteiger partial charge in [-0.2, -0.15) is 0 Å². The van der Waals surface area contributed by atoms with Crippen LogP contribution in [0.2, 0.25) is 5.02 Å². The summed E-state index contributed by atoms with van der Waals surface area (Å²) in [4.78, 5) is 8.79. The predicted octanol–water partition coefficient (Wildman–Crippen LogP) is 3.05. The van der Waals surface area contributed by atoms with Crippen LogP contribution in [0.15, 0.2) is 36.5 Å². The Kier molecular flexibility index (Phi) is 3.66. The molecular formula is C15H15ClN4O. The van der Waals surface area contributed by atoms with E-state index in [1.165, 1.54) is 0 Å². The molecule has 3 aromatic rings. The van der Waals surface area contributed by atoms with Crippen LogP contribution in [0.25, 0.3) is 11.2 Å². The Morgan fingerprint density at radius 2 is 2.19 bits per heavy atom. The largest absolute Gasteiger partial charge is 0.492 e. The molecule has 0 atom stereocenters. The minimum absolute atomic E-state index is 0.514. The molecule has 0 fully saturated rings. The molecule has 2 heterocycles. The summed E-state index contributed by atoms with van der Waals surface area (Å²) in [6.07, 6.45) is 1.63. The number of benzene rings is 1. The topological polar surface area (TPSA) is 66.0 Å². The number of aryl methyl sites for hydroxylation is 1. The fraction of sp³-hybridized carbons (Fsp3) is 0.200. The number of ether oxygens (including phenoxy) is 1. The number of nitrogens with two attached hydrogens (primary N) is 1. The van der Waals surface area contributed by atoms with Crippen LogP contribution >= 0.6 is 11.6 Å². The molecular weight excluding hydrogens is 288 g/mol. The quantitative estimate of drug-likeness (QED) is 0.752. The lowest BCUT2D eigenvalue weighted by molar-refractivity contribution is 0.299. The molecule has 1 aromatic carbocycles. The van der Waals surface area contributed by atoms with Gasteiger partial charge in [-0.25, -0.2) is 9.97 Å². The van der Waals surface area contributed by atoms with Crippen molar-refractivity contribution in [1.29, 1.82) is 0 Å². The number of nitrogen functional groups attached to an aromatic ring is 1. The van der Waals surface area contributed by atoms with Gasteiger partial charge in [0.25, 0.3) is 0 Å². The minimum Gasteiger partial charge on any atom is -0.492 e. The molecule has 0 spiro atoms. The van der Waals surface area contributed by atoms with Gasteiger partial charge in [-0.1, -0.05) is 17.7 Å². The highest BCUT2D eigenvalue weighted by atomic mass is 35.5. The molecule has 0 saturated heterocycles. The zero-order valence-corrected chi connectivity index (χ0v) is 12.3. The van der Waals surface area contributed by atoms with Crippen molar-refractivity contribution in [2.45, 2.75) is 13.5 Å². The maximum atomic E-state index is 5.93. The lowest BCUT2D eigenvalue weighted by Gasteiger charge is -2.09. The number of hydrogen-bond donors (Lipinski definition) is 1. The van der Waals surface area contributed by atoms with E-state index in [2.05, 4.69) is 9.97 Å². The van der Waals surface area contributed by atoms with Gasteiger partial charge in [-0.3, -0.25) is 0 Å².